The molecule has 2 aliphatic heterocycles. The molecular weight excluding hydrogens is 396 g/mol. The van der Waals surface area contributed by atoms with Crippen LogP contribution in [0, 0.1) is 5.92 Å². The number of ketones is 1. The number of amides is 1. The number of hydrogen-bond donors (Lipinski definition) is 0. The van der Waals surface area contributed by atoms with E-state index in [0.29, 0.717) is 24.6 Å². The molecule has 31 heavy (non-hydrogen) atoms. The SMILES string of the molecule is COc1ccc(N2CC(CN3CCC(C(=O)c4ccccc4)CC3)OC2=O)cc1OC. The molecule has 0 spiro atoms. The fraction of sp³-hybridized carbons (Fsp3) is 0.417. The fourth-order valence-corrected chi connectivity index (χ4v) is 4.32. The molecule has 0 bridgehead atoms. The largest absolute Gasteiger partial charge is 0.493 e. The normalized spacial score (nSPS) is 19.9. The van der Waals surface area contributed by atoms with Gasteiger partial charge in [-0.2, -0.15) is 0 Å². The Labute approximate surface area is 182 Å². The van der Waals surface area contributed by atoms with Gasteiger partial charge in [0.1, 0.15) is 6.10 Å². The number of anilines is 1. The molecule has 1 unspecified atom stereocenters. The van der Waals surface area contributed by atoms with E-state index in [2.05, 4.69) is 4.90 Å². The molecule has 0 radical (unpaired) electrons. The van der Waals surface area contributed by atoms with Gasteiger partial charge < -0.3 is 14.2 Å². The number of rotatable bonds is 7. The van der Waals surface area contributed by atoms with E-state index in [9.17, 15) is 9.59 Å². The lowest BCUT2D eigenvalue weighted by Gasteiger charge is -2.32. The Morgan fingerprint density at radius 1 is 1.03 bits per heavy atom. The lowest BCUT2D eigenvalue weighted by Crippen LogP contribution is -2.41. The number of nitrogens with zero attached hydrogens (tertiary/aromatic N) is 2. The molecule has 0 aliphatic carbocycles. The Kier molecular flexibility index (Phi) is 6.42. The van der Waals surface area contributed by atoms with E-state index >= 15 is 0 Å². The van der Waals surface area contributed by atoms with Crippen molar-refractivity contribution in [2.45, 2.75) is 18.9 Å². The third-order valence-electron chi connectivity index (χ3n) is 6.03. The van der Waals surface area contributed by atoms with Crippen LogP contribution in [0.1, 0.15) is 23.2 Å². The van der Waals surface area contributed by atoms with Crippen LogP contribution < -0.4 is 14.4 Å². The second kappa shape index (κ2) is 9.39. The van der Waals surface area contributed by atoms with Crippen molar-refractivity contribution in [1.82, 2.24) is 4.90 Å². The minimum atomic E-state index is -0.355. The zero-order valence-electron chi connectivity index (χ0n) is 18.0. The van der Waals surface area contributed by atoms with Gasteiger partial charge in [0, 0.05) is 24.1 Å². The quantitative estimate of drug-likeness (QED) is 0.633. The average molecular weight is 424 g/mol. The monoisotopic (exact) mass is 424 g/mol. The van der Waals surface area contributed by atoms with E-state index in [1.807, 2.05) is 36.4 Å². The average Bonchev–Trinajstić information content (AvgIpc) is 3.19. The maximum atomic E-state index is 12.7. The van der Waals surface area contributed by atoms with Crippen LogP contribution in [-0.2, 0) is 4.74 Å². The van der Waals surface area contributed by atoms with Crippen LogP contribution in [0.2, 0.25) is 0 Å². The lowest BCUT2D eigenvalue weighted by molar-refractivity contribution is 0.0750. The summed E-state index contributed by atoms with van der Waals surface area (Å²) in [7, 11) is 3.15. The summed E-state index contributed by atoms with van der Waals surface area (Å²) < 4.78 is 16.2. The molecular formula is C24H28N2O5. The summed E-state index contributed by atoms with van der Waals surface area (Å²) in [6.07, 6.45) is 1.09. The molecule has 1 atom stereocenters. The van der Waals surface area contributed by atoms with E-state index < -0.39 is 0 Å². The number of likely N-dealkylation sites (tertiary alicyclic amines) is 1. The van der Waals surface area contributed by atoms with Gasteiger partial charge in [-0.25, -0.2) is 4.79 Å². The van der Waals surface area contributed by atoms with E-state index in [0.717, 1.165) is 37.2 Å². The van der Waals surface area contributed by atoms with E-state index in [4.69, 9.17) is 14.2 Å². The smallest absolute Gasteiger partial charge is 0.414 e. The molecule has 0 saturated carbocycles. The molecule has 0 N–H and O–H groups in total. The number of cyclic esters (lactones) is 1. The van der Waals surface area contributed by atoms with Gasteiger partial charge in [-0.15, -0.1) is 0 Å². The molecule has 0 aromatic heterocycles. The summed E-state index contributed by atoms with van der Waals surface area (Å²) in [5, 5.41) is 0. The minimum Gasteiger partial charge on any atom is -0.493 e. The first-order valence-electron chi connectivity index (χ1n) is 10.6. The summed E-state index contributed by atoms with van der Waals surface area (Å²) in [4.78, 5) is 29.0. The van der Waals surface area contributed by atoms with Gasteiger partial charge in [0.15, 0.2) is 17.3 Å². The van der Waals surface area contributed by atoms with E-state index in [1.54, 1.807) is 31.3 Å². The lowest BCUT2D eigenvalue weighted by atomic mass is 9.89. The van der Waals surface area contributed by atoms with Crippen LogP contribution in [-0.4, -0.2) is 63.3 Å². The van der Waals surface area contributed by atoms with Crippen LogP contribution in [0.4, 0.5) is 10.5 Å². The second-order valence-electron chi connectivity index (χ2n) is 7.96. The number of methoxy groups -OCH3 is 2. The van der Waals surface area contributed by atoms with Crippen LogP contribution in [0.15, 0.2) is 48.5 Å². The summed E-state index contributed by atoms with van der Waals surface area (Å²) in [6.45, 7) is 2.81. The maximum absolute atomic E-state index is 12.7. The molecule has 2 saturated heterocycles. The molecule has 7 nitrogen and oxygen atoms in total. The summed E-state index contributed by atoms with van der Waals surface area (Å²) in [5.74, 6) is 1.48. The van der Waals surface area contributed by atoms with Crippen molar-refractivity contribution in [3.05, 3.63) is 54.1 Å². The van der Waals surface area contributed by atoms with Crippen LogP contribution in [0.5, 0.6) is 11.5 Å². The van der Waals surface area contributed by atoms with Crippen molar-refractivity contribution >= 4 is 17.6 Å². The highest BCUT2D eigenvalue weighted by Gasteiger charge is 2.35. The van der Waals surface area contributed by atoms with Gasteiger partial charge in [-0.3, -0.25) is 14.6 Å². The molecule has 2 aliphatic rings. The first-order chi connectivity index (χ1) is 15.1. The van der Waals surface area contributed by atoms with Gasteiger partial charge >= 0.3 is 6.09 Å². The predicted octanol–water partition coefficient (Wildman–Crippen LogP) is 3.62. The molecule has 2 aromatic carbocycles. The highest BCUT2D eigenvalue weighted by atomic mass is 16.6. The zero-order valence-corrected chi connectivity index (χ0v) is 18.0. The third kappa shape index (κ3) is 4.66. The zero-order chi connectivity index (χ0) is 21.8. The highest BCUT2D eigenvalue weighted by molar-refractivity contribution is 5.97. The highest BCUT2D eigenvalue weighted by Crippen LogP contribution is 2.33. The Morgan fingerprint density at radius 3 is 2.42 bits per heavy atom. The standard InChI is InChI=1S/C24H28N2O5/c1-29-21-9-8-19(14-22(21)30-2)26-16-20(31-24(26)28)15-25-12-10-18(11-13-25)23(27)17-6-4-3-5-7-17/h3-9,14,18,20H,10-13,15-16H2,1-2H3. The van der Waals surface area contributed by atoms with Crippen molar-refractivity contribution in [2.24, 2.45) is 5.92 Å². The number of piperidine rings is 1. The Balaban J connectivity index is 1.31. The number of benzene rings is 2. The number of ether oxygens (including phenoxy) is 3. The van der Waals surface area contributed by atoms with Crippen molar-refractivity contribution in [3.8, 4) is 11.5 Å². The van der Waals surface area contributed by atoms with Gasteiger partial charge in [0.25, 0.3) is 0 Å². The third-order valence-corrected chi connectivity index (χ3v) is 6.03. The first-order valence-corrected chi connectivity index (χ1v) is 10.6. The molecule has 2 heterocycles. The molecule has 164 valence electrons. The number of Topliss-reactive ketones (excluding diaryl/α,β-unsaturated/α-hetero) is 1. The summed E-state index contributed by atoms with van der Waals surface area (Å²) in [6, 6.07) is 14.9. The van der Waals surface area contributed by atoms with Gasteiger partial charge in [0.2, 0.25) is 0 Å². The summed E-state index contributed by atoms with van der Waals surface area (Å²) >= 11 is 0. The van der Waals surface area contributed by atoms with Crippen LogP contribution in [0.3, 0.4) is 0 Å². The van der Waals surface area contributed by atoms with Gasteiger partial charge in [-0.1, -0.05) is 30.3 Å². The van der Waals surface area contributed by atoms with Crippen LogP contribution >= 0.6 is 0 Å². The number of carbonyl (C=O) groups excluding carboxylic acids is 2. The topological polar surface area (TPSA) is 68.3 Å². The van der Waals surface area contributed by atoms with Crippen LogP contribution in [0.25, 0.3) is 0 Å². The number of hydrogen-bond acceptors (Lipinski definition) is 6. The summed E-state index contributed by atoms with van der Waals surface area (Å²) in [5.41, 5.74) is 1.51. The molecule has 4 rings (SSSR count). The van der Waals surface area contributed by atoms with E-state index in [-0.39, 0.29) is 23.9 Å². The first kappa shape index (κ1) is 21.2. The van der Waals surface area contributed by atoms with Crippen molar-refractivity contribution in [1.29, 1.82) is 0 Å². The Morgan fingerprint density at radius 2 is 1.74 bits per heavy atom. The fourth-order valence-electron chi connectivity index (χ4n) is 4.32. The number of carbonyl (C=O) groups is 2. The van der Waals surface area contributed by atoms with Crippen molar-refractivity contribution in [3.63, 3.8) is 0 Å². The molecule has 2 aromatic rings. The van der Waals surface area contributed by atoms with Gasteiger partial charge in [-0.05, 0) is 38.1 Å². The predicted molar refractivity (Wildman–Crippen MR) is 117 cm³/mol. The van der Waals surface area contributed by atoms with Crippen molar-refractivity contribution in [2.75, 3.05) is 45.3 Å². The second-order valence-corrected chi connectivity index (χ2v) is 7.96. The van der Waals surface area contributed by atoms with Gasteiger partial charge in [0.05, 0.1) is 26.5 Å². The van der Waals surface area contributed by atoms with E-state index in [1.165, 1.54) is 0 Å². The Bertz CT molecular complexity index is 925. The Hall–Kier alpha value is -3.06. The minimum absolute atomic E-state index is 0.0630. The maximum Gasteiger partial charge on any atom is 0.414 e. The molecule has 7 heteroatoms. The van der Waals surface area contributed by atoms with Crippen molar-refractivity contribution < 1.29 is 23.8 Å². The molecule has 1 amide bonds. The molecule has 2 fully saturated rings.